The van der Waals surface area contributed by atoms with Gasteiger partial charge >= 0.3 is 0 Å². The van der Waals surface area contributed by atoms with Gasteiger partial charge in [-0.3, -0.25) is 24.8 Å². The van der Waals surface area contributed by atoms with Gasteiger partial charge in [-0.15, -0.1) is 0 Å². The highest BCUT2D eigenvalue weighted by Crippen LogP contribution is 2.34. The van der Waals surface area contributed by atoms with Gasteiger partial charge in [0.1, 0.15) is 0 Å². The van der Waals surface area contributed by atoms with Crippen LogP contribution in [-0.4, -0.2) is 20.8 Å². The summed E-state index contributed by atoms with van der Waals surface area (Å²) in [6.45, 7) is 2.22. The number of aromatic nitrogens is 2. The Morgan fingerprint density at radius 2 is 2.00 bits per heavy atom. The predicted octanol–water partition coefficient (Wildman–Crippen LogP) is 5.81. The molecule has 32 heavy (non-hydrogen) atoms. The third-order valence-corrected chi connectivity index (χ3v) is 5.97. The molecule has 2 aromatic heterocycles. The molecule has 0 saturated heterocycles. The van der Waals surface area contributed by atoms with Crippen LogP contribution in [0.1, 0.15) is 16.7 Å². The summed E-state index contributed by atoms with van der Waals surface area (Å²) in [5.41, 5.74) is 3.14. The summed E-state index contributed by atoms with van der Waals surface area (Å²) >= 11 is 7.57. The average Bonchev–Trinajstić information content (AvgIpc) is 3.21. The van der Waals surface area contributed by atoms with Gasteiger partial charge < -0.3 is 0 Å². The summed E-state index contributed by atoms with van der Waals surface area (Å²) in [5, 5.41) is 12.2. The van der Waals surface area contributed by atoms with Crippen molar-refractivity contribution in [1.29, 1.82) is 0 Å². The second-order valence-electron chi connectivity index (χ2n) is 7.03. The maximum absolute atomic E-state index is 13.2. The van der Waals surface area contributed by atoms with Crippen molar-refractivity contribution in [2.75, 3.05) is 4.90 Å². The zero-order valence-electron chi connectivity index (χ0n) is 16.9. The van der Waals surface area contributed by atoms with Gasteiger partial charge in [0, 0.05) is 35.6 Å². The molecule has 0 unspecified atom stereocenters. The molecule has 0 fully saturated rings. The molecule has 9 heteroatoms. The lowest BCUT2D eigenvalue weighted by Crippen LogP contribution is -2.28. The summed E-state index contributed by atoms with van der Waals surface area (Å²) in [6, 6.07) is 13.4. The number of amides is 1. The van der Waals surface area contributed by atoms with Crippen LogP contribution in [0.3, 0.4) is 0 Å². The Balaban J connectivity index is 1.69. The van der Waals surface area contributed by atoms with Gasteiger partial charge in [-0.1, -0.05) is 35.1 Å². The molecule has 0 spiro atoms. The molecule has 0 atom stereocenters. The Morgan fingerprint density at radius 1 is 1.22 bits per heavy atom. The fourth-order valence-corrected chi connectivity index (χ4v) is 4.59. The van der Waals surface area contributed by atoms with Crippen molar-refractivity contribution in [2.45, 2.75) is 13.5 Å². The molecule has 0 N–H and O–H groups in total. The summed E-state index contributed by atoms with van der Waals surface area (Å²) in [7, 11) is 0. The first-order valence-corrected chi connectivity index (χ1v) is 10.8. The van der Waals surface area contributed by atoms with Gasteiger partial charge in [-0.05, 0) is 54.0 Å². The summed E-state index contributed by atoms with van der Waals surface area (Å²) in [4.78, 5) is 34.0. The summed E-state index contributed by atoms with van der Waals surface area (Å²) in [5.74, 6) is -0.295. The zero-order chi connectivity index (χ0) is 22.7. The Labute approximate surface area is 192 Å². The normalized spacial score (nSPS) is 11.2. The standard InChI is InChI=1S/C23H17ClN4O3S/c1-15-11-18(24)13-20-22(15)26-23(32-20)27(14-17-7-9-25-10-8-17)21(29)6-5-16-3-2-4-19(12-16)28(30)31/h2-13H,14H2,1H3/b6-5+. The third-order valence-electron chi connectivity index (χ3n) is 4.73. The Bertz CT molecular complexity index is 1340. The van der Waals surface area contributed by atoms with Crippen LogP contribution in [0.4, 0.5) is 10.8 Å². The molecule has 7 nitrogen and oxygen atoms in total. The highest BCUT2D eigenvalue weighted by Gasteiger charge is 2.19. The number of carbonyl (C=O) groups is 1. The maximum Gasteiger partial charge on any atom is 0.270 e. The van der Waals surface area contributed by atoms with E-state index in [1.54, 1.807) is 35.5 Å². The van der Waals surface area contributed by atoms with Gasteiger partial charge in [-0.25, -0.2) is 4.98 Å². The SMILES string of the molecule is Cc1cc(Cl)cc2sc(N(Cc3ccncc3)C(=O)/C=C/c3cccc([N+](=O)[O-])c3)nc12. The van der Waals surface area contributed by atoms with Crippen LogP contribution in [0, 0.1) is 17.0 Å². The van der Waals surface area contributed by atoms with E-state index in [-0.39, 0.29) is 11.6 Å². The number of nitro groups is 1. The van der Waals surface area contributed by atoms with Crippen molar-refractivity contribution in [3.8, 4) is 0 Å². The zero-order valence-corrected chi connectivity index (χ0v) is 18.5. The second kappa shape index (κ2) is 9.25. The topological polar surface area (TPSA) is 89.2 Å². The number of nitrogens with zero attached hydrogens (tertiary/aromatic N) is 4. The molecule has 4 aromatic rings. The molecule has 0 aliphatic carbocycles. The van der Waals surface area contributed by atoms with Crippen molar-refractivity contribution in [3.63, 3.8) is 0 Å². The molecule has 0 bridgehead atoms. The fourth-order valence-electron chi connectivity index (χ4n) is 3.17. The molecule has 0 radical (unpaired) electrons. The minimum atomic E-state index is -0.469. The summed E-state index contributed by atoms with van der Waals surface area (Å²) < 4.78 is 0.889. The molecule has 0 saturated carbocycles. The van der Waals surface area contributed by atoms with E-state index in [1.165, 1.54) is 29.5 Å². The van der Waals surface area contributed by atoms with Crippen molar-refractivity contribution in [1.82, 2.24) is 9.97 Å². The number of anilines is 1. The number of rotatable bonds is 6. The van der Waals surface area contributed by atoms with Crippen LogP contribution in [0.25, 0.3) is 16.3 Å². The second-order valence-corrected chi connectivity index (χ2v) is 8.48. The van der Waals surface area contributed by atoms with Gasteiger partial charge in [0.15, 0.2) is 5.13 Å². The van der Waals surface area contributed by atoms with Crippen molar-refractivity contribution < 1.29 is 9.72 Å². The van der Waals surface area contributed by atoms with E-state index < -0.39 is 4.92 Å². The number of carbonyl (C=O) groups excluding carboxylic acids is 1. The van der Waals surface area contributed by atoms with Gasteiger partial charge in [0.2, 0.25) is 0 Å². The predicted molar refractivity (Wildman–Crippen MR) is 127 cm³/mol. The van der Waals surface area contributed by atoms with E-state index in [2.05, 4.69) is 9.97 Å². The molecule has 4 rings (SSSR count). The molecule has 160 valence electrons. The van der Waals surface area contributed by atoms with Gasteiger partial charge in [0.05, 0.1) is 21.7 Å². The van der Waals surface area contributed by atoms with Crippen LogP contribution in [0.5, 0.6) is 0 Å². The van der Waals surface area contributed by atoms with E-state index in [1.807, 2.05) is 31.2 Å². The lowest BCUT2D eigenvalue weighted by molar-refractivity contribution is -0.384. The van der Waals surface area contributed by atoms with Crippen LogP contribution in [-0.2, 0) is 11.3 Å². The largest absolute Gasteiger partial charge is 0.280 e. The highest BCUT2D eigenvalue weighted by molar-refractivity contribution is 7.22. The van der Waals surface area contributed by atoms with Crippen molar-refractivity contribution >= 4 is 56.0 Å². The quantitative estimate of drug-likeness (QED) is 0.204. The van der Waals surface area contributed by atoms with Gasteiger partial charge in [-0.2, -0.15) is 0 Å². The molecule has 2 heterocycles. The van der Waals surface area contributed by atoms with E-state index in [0.29, 0.717) is 22.3 Å². The van der Waals surface area contributed by atoms with E-state index >= 15 is 0 Å². The number of non-ortho nitro benzene ring substituents is 1. The fraction of sp³-hybridized carbons (Fsp3) is 0.0870. The number of nitro benzene ring substituents is 1. The number of pyridine rings is 1. The van der Waals surface area contributed by atoms with E-state index in [4.69, 9.17) is 11.6 Å². The first-order chi connectivity index (χ1) is 15.4. The van der Waals surface area contributed by atoms with Crippen LogP contribution < -0.4 is 4.90 Å². The molecular formula is C23H17ClN4O3S. The molecule has 2 aromatic carbocycles. The van der Waals surface area contributed by atoms with Crippen LogP contribution in [0.2, 0.25) is 5.02 Å². The van der Waals surface area contributed by atoms with Gasteiger partial charge in [0.25, 0.3) is 11.6 Å². The van der Waals surface area contributed by atoms with E-state index in [0.717, 1.165) is 21.3 Å². The minimum absolute atomic E-state index is 0.0354. The molecule has 0 aliphatic rings. The third kappa shape index (κ3) is 4.82. The Morgan fingerprint density at radius 3 is 2.75 bits per heavy atom. The number of halogens is 1. The van der Waals surface area contributed by atoms with Crippen LogP contribution in [0.15, 0.2) is 67.0 Å². The molecule has 1 amide bonds. The number of thiazole rings is 1. The summed E-state index contributed by atoms with van der Waals surface area (Å²) in [6.07, 6.45) is 6.29. The van der Waals surface area contributed by atoms with Crippen LogP contribution >= 0.6 is 22.9 Å². The Kier molecular flexibility index (Phi) is 6.25. The number of fused-ring (bicyclic) bond motifs is 1. The lowest BCUT2D eigenvalue weighted by Gasteiger charge is -2.18. The molecular weight excluding hydrogens is 448 g/mol. The highest BCUT2D eigenvalue weighted by atomic mass is 35.5. The molecule has 0 aliphatic heterocycles. The minimum Gasteiger partial charge on any atom is -0.280 e. The first-order valence-electron chi connectivity index (χ1n) is 9.60. The average molecular weight is 465 g/mol. The number of benzene rings is 2. The first kappa shape index (κ1) is 21.6. The number of hydrogen-bond donors (Lipinski definition) is 0. The Hall–Kier alpha value is -3.62. The lowest BCUT2D eigenvalue weighted by atomic mass is 10.2. The number of aryl methyl sites for hydroxylation is 1. The number of hydrogen-bond acceptors (Lipinski definition) is 6. The van der Waals surface area contributed by atoms with Crippen molar-refractivity contribution in [2.24, 2.45) is 0 Å². The maximum atomic E-state index is 13.2. The van der Waals surface area contributed by atoms with Crippen molar-refractivity contribution in [3.05, 3.63) is 98.8 Å². The van der Waals surface area contributed by atoms with E-state index in [9.17, 15) is 14.9 Å². The monoisotopic (exact) mass is 464 g/mol. The smallest absolute Gasteiger partial charge is 0.270 e.